The Morgan fingerprint density at radius 1 is 1.42 bits per heavy atom. The molecule has 1 aliphatic carbocycles. The summed E-state index contributed by atoms with van der Waals surface area (Å²) in [7, 11) is -1.99. The number of halogens is 1. The maximum Gasteiger partial charge on any atom is 0.193 e. The Kier molecular flexibility index (Phi) is 5.21. The van der Waals surface area contributed by atoms with Crippen LogP contribution in [-0.4, -0.2) is 20.2 Å². The molecule has 0 N–H and O–H groups in total. The van der Waals surface area contributed by atoms with Gasteiger partial charge < -0.3 is 4.43 Å². The summed E-state index contributed by atoms with van der Waals surface area (Å²) in [5.74, 6) is 0.0320. The third-order valence-electron chi connectivity index (χ3n) is 4.01. The fourth-order valence-corrected chi connectivity index (χ4v) is 3.23. The Bertz CT molecular complexity index is 416. The number of carbonyl (C=O) groups is 1. The van der Waals surface area contributed by atoms with E-state index in [9.17, 15) is 4.79 Å². The minimum atomic E-state index is -1.99. The smallest absolute Gasteiger partial charge is 0.193 e. The van der Waals surface area contributed by atoms with Gasteiger partial charge in [-0.15, -0.1) is 0 Å². The highest BCUT2D eigenvalue weighted by Crippen LogP contribution is 2.39. The van der Waals surface area contributed by atoms with Crippen LogP contribution in [0.15, 0.2) is 22.8 Å². The molecule has 0 saturated carbocycles. The molecule has 108 valence electrons. The summed E-state index contributed by atoms with van der Waals surface area (Å²) in [5.41, 5.74) is 0.852. The zero-order valence-corrected chi connectivity index (χ0v) is 14.6. The van der Waals surface area contributed by atoms with Crippen molar-refractivity contribution in [3.63, 3.8) is 0 Å². The van der Waals surface area contributed by atoms with E-state index in [0.29, 0.717) is 0 Å². The lowest BCUT2D eigenvalue weighted by atomic mass is 10.00. The molecule has 2 nitrogen and oxygen atoms in total. The number of hydrogen-bond acceptors (Lipinski definition) is 2. The maximum absolute atomic E-state index is 12.0. The molecule has 0 bridgehead atoms. The average Bonchev–Trinajstić information content (AvgIpc) is 2.25. The number of ketones is 1. The van der Waals surface area contributed by atoms with Gasteiger partial charge in [0.2, 0.25) is 0 Å². The standard InChI is InChI=1S/C15H25ClO2Si/c1-11(17)14(12-9-7-8-10-13(12)16)18-19(5,6)15(2,3)4/h7,9,14H,8,10H2,1-6H3/t14-/m0/s1. The van der Waals surface area contributed by atoms with Crippen molar-refractivity contribution < 1.29 is 9.22 Å². The molecule has 0 saturated heterocycles. The number of rotatable bonds is 4. The third-order valence-corrected chi connectivity index (χ3v) is 8.86. The zero-order valence-electron chi connectivity index (χ0n) is 12.8. The lowest BCUT2D eigenvalue weighted by molar-refractivity contribution is -0.122. The van der Waals surface area contributed by atoms with Gasteiger partial charge in [-0.2, -0.15) is 0 Å². The van der Waals surface area contributed by atoms with E-state index in [2.05, 4.69) is 39.9 Å². The fraction of sp³-hybridized carbons (Fsp3) is 0.667. The number of carbonyl (C=O) groups excluding carboxylic acids is 1. The van der Waals surface area contributed by atoms with Crippen molar-refractivity contribution in [2.75, 3.05) is 0 Å². The van der Waals surface area contributed by atoms with E-state index in [-0.39, 0.29) is 10.8 Å². The number of allylic oxidation sites excluding steroid dienone is 2. The maximum atomic E-state index is 12.0. The van der Waals surface area contributed by atoms with Crippen LogP contribution in [0.2, 0.25) is 18.1 Å². The van der Waals surface area contributed by atoms with E-state index in [4.69, 9.17) is 16.0 Å². The molecular weight excluding hydrogens is 276 g/mol. The van der Waals surface area contributed by atoms with Crippen molar-refractivity contribution in [2.24, 2.45) is 0 Å². The Morgan fingerprint density at radius 3 is 2.42 bits per heavy atom. The van der Waals surface area contributed by atoms with Crippen molar-refractivity contribution in [3.8, 4) is 0 Å². The SMILES string of the molecule is CC(=O)[C@H](O[Si](C)(C)C(C)(C)C)C1=C(Cl)CCC=C1. The summed E-state index contributed by atoms with van der Waals surface area (Å²) in [6.07, 6.45) is 5.24. The molecule has 0 aromatic rings. The largest absolute Gasteiger partial charge is 0.403 e. The first-order valence-corrected chi connectivity index (χ1v) is 10.1. The van der Waals surface area contributed by atoms with Gasteiger partial charge in [-0.05, 0) is 37.9 Å². The van der Waals surface area contributed by atoms with Crippen LogP contribution in [-0.2, 0) is 9.22 Å². The summed E-state index contributed by atoms with van der Waals surface area (Å²) < 4.78 is 6.27. The molecule has 4 heteroatoms. The van der Waals surface area contributed by atoms with Crippen molar-refractivity contribution in [1.82, 2.24) is 0 Å². The van der Waals surface area contributed by atoms with Gasteiger partial charge in [-0.3, -0.25) is 4.79 Å². The van der Waals surface area contributed by atoms with Gasteiger partial charge in [0.05, 0.1) is 0 Å². The summed E-state index contributed by atoms with van der Waals surface area (Å²) in [5, 5.41) is 0.841. The Balaban J connectivity index is 3.05. The highest BCUT2D eigenvalue weighted by Gasteiger charge is 2.41. The van der Waals surface area contributed by atoms with E-state index < -0.39 is 14.4 Å². The lowest BCUT2D eigenvalue weighted by Crippen LogP contribution is -2.46. The molecule has 0 aromatic carbocycles. The van der Waals surface area contributed by atoms with Crippen molar-refractivity contribution in [3.05, 3.63) is 22.8 Å². The first kappa shape index (κ1) is 16.7. The molecule has 1 rings (SSSR count). The molecule has 0 fully saturated rings. The van der Waals surface area contributed by atoms with Gasteiger partial charge >= 0.3 is 0 Å². The van der Waals surface area contributed by atoms with Gasteiger partial charge in [-0.1, -0.05) is 44.5 Å². The van der Waals surface area contributed by atoms with Crippen LogP contribution in [0.3, 0.4) is 0 Å². The summed E-state index contributed by atoms with van der Waals surface area (Å²) in [6, 6.07) is 0. The molecule has 0 unspecified atom stereocenters. The predicted molar refractivity (Wildman–Crippen MR) is 84.0 cm³/mol. The summed E-state index contributed by atoms with van der Waals surface area (Å²) >= 11 is 6.28. The van der Waals surface area contributed by atoms with Gasteiger partial charge in [0.15, 0.2) is 14.1 Å². The third kappa shape index (κ3) is 4.04. The number of Topliss-reactive ketones (excluding diaryl/α,β-unsaturated/α-hetero) is 1. The quantitative estimate of drug-likeness (QED) is 0.697. The number of hydrogen-bond donors (Lipinski definition) is 0. The average molecular weight is 301 g/mol. The normalized spacial score (nSPS) is 18.7. The molecule has 0 aliphatic heterocycles. The topological polar surface area (TPSA) is 26.3 Å². The van der Waals surface area contributed by atoms with Gasteiger partial charge in [-0.25, -0.2) is 0 Å². The monoisotopic (exact) mass is 300 g/mol. The first-order chi connectivity index (χ1) is 8.56. The first-order valence-electron chi connectivity index (χ1n) is 6.79. The van der Waals surface area contributed by atoms with Crippen LogP contribution in [0.5, 0.6) is 0 Å². The Hall–Kier alpha value is -0.383. The highest BCUT2D eigenvalue weighted by molar-refractivity contribution is 6.74. The van der Waals surface area contributed by atoms with Gasteiger partial charge in [0, 0.05) is 10.6 Å². The van der Waals surface area contributed by atoms with Crippen LogP contribution in [0.25, 0.3) is 0 Å². The second-order valence-electron chi connectivity index (χ2n) is 6.67. The molecule has 0 radical (unpaired) electrons. The molecule has 0 heterocycles. The van der Waals surface area contributed by atoms with Crippen molar-refractivity contribution in [1.29, 1.82) is 0 Å². The lowest BCUT2D eigenvalue weighted by Gasteiger charge is -2.39. The van der Waals surface area contributed by atoms with Crippen molar-refractivity contribution >= 4 is 25.7 Å². The molecule has 19 heavy (non-hydrogen) atoms. The molecule has 0 spiro atoms. The van der Waals surface area contributed by atoms with E-state index in [0.717, 1.165) is 23.4 Å². The van der Waals surface area contributed by atoms with Crippen LogP contribution in [0.1, 0.15) is 40.5 Å². The van der Waals surface area contributed by atoms with Crippen LogP contribution in [0, 0.1) is 0 Å². The molecule has 1 atom stereocenters. The van der Waals surface area contributed by atoms with E-state index in [1.54, 1.807) is 6.92 Å². The second kappa shape index (κ2) is 5.94. The van der Waals surface area contributed by atoms with Crippen molar-refractivity contribution in [2.45, 2.75) is 64.8 Å². The predicted octanol–water partition coefficient (Wildman–Crippen LogP) is 4.81. The highest BCUT2D eigenvalue weighted by atomic mass is 35.5. The molecule has 0 aromatic heterocycles. The molecule has 0 amide bonds. The fourth-order valence-electron chi connectivity index (χ4n) is 1.72. The second-order valence-corrected chi connectivity index (χ2v) is 11.9. The molecule has 1 aliphatic rings. The van der Waals surface area contributed by atoms with E-state index in [1.165, 1.54) is 0 Å². The van der Waals surface area contributed by atoms with Gasteiger partial charge in [0.25, 0.3) is 0 Å². The van der Waals surface area contributed by atoms with Crippen LogP contribution >= 0.6 is 11.6 Å². The van der Waals surface area contributed by atoms with Gasteiger partial charge in [0.1, 0.15) is 6.10 Å². The summed E-state index contributed by atoms with van der Waals surface area (Å²) in [4.78, 5) is 12.0. The summed E-state index contributed by atoms with van der Waals surface area (Å²) in [6.45, 7) is 12.4. The minimum Gasteiger partial charge on any atom is -0.403 e. The van der Waals surface area contributed by atoms with E-state index >= 15 is 0 Å². The molecular formula is C15H25ClO2Si. The minimum absolute atomic E-state index is 0.0320. The van der Waals surface area contributed by atoms with E-state index in [1.807, 2.05) is 6.08 Å². The Morgan fingerprint density at radius 2 is 2.00 bits per heavy atom. The zero-order chi connectivity index (χ0) is 14.8. The van der Waals surface area contributed by atoms with Crippen LogP contribution < -0.4 is 0 Å². The van der Waals surface area contributed by atoms with Crippen LogP contribution in [0.4, 0.5) is 0 Å². The Labute approximate surface area is 123 Å².